The Hall–Kier alpha value is -2.53. The zero-order chi connectivity index (χ0) is 18.5. The lowest BCUT2D eigenvalue weighted by atomic mass is 9.96. The fraction of sp³-hybridized carbons (Fsp3) is 0.381. The summed E-state index contributed by atoms with van der Waals surface area (Å²) >= 11 is 0. The van der Waals surface area contributed by atoms with Crippen LogP contribution in [0.25, 0.3) is 0 Å². The van der Waals surface area contributed by atoms with E-state index in [1.807, 2.05) is 48.3 Å². The second-order valence-electron chi connectivity index (χ2n) is 7.06. The molecule has 0 saturated carbocycles. The molecule has 0 fully saturated rings. The summed E-state index contributed by atoms with van der Waals surface area (Å²) < 4.78 is 10.7. The minimum Gasteiger partial charge on any atom is -0.454 e. The number of hydrogen-bond acceptors (Lipinski definition) is 4. The molecular formula is C21H26N2O3. The van der Waals surface area contributed by atoms with Gasteiger partial charge in [0.1, 0.15) is 0 Å². The van der Waals surface area contributed by atoms with E-state index in [1.165, 1.54) is 0 Å². The predicted molar refractivity (Wildman–Crippen MR) is 101 cm³/mol. The van der Waals surface area contributed by atoms with Gasteiger partial charge in [-0.2, -0.15) is 0 Å². The van der Waals surface area contributed by atoms with E-state index in [-0.39, 0.29) is 18.7 Å². The van der Waals surface area contributed by atoms with Gasteiger partial charge in [-0.05, 0) is 36.2 Å². The highest BCUT2D eigenvalue weighted by atomic mass is 16.7. The van der Waals surface area contributed by atoms with Crippen molar-refractivity contribution in [2.75, 3.05) is 20.4 Å². The van der Waals surface area contributed by atoms with E-state index in [4.69, 9.17) is 9.47 Å². The Morgan fingerprint density at radius 3 is 2.58 bits per heavy atom. The average molecular weight is 354 g/mol. The van der Waals surface area contributed by atoms with Gasteiger partial charge in [0, 0.05) is 6.54 Å². The molecule has 1 atom stereocenters. The van der Waals surface area contributed by atoms with E-state index >= 15 is 0 Å². The minimum atomic E-state index is 0.0163. The molecule has 138 valence electrons. The first-order valence-corrected chi connectivity index (χ1v) is 8.94. The highest BCUT2D eigenvalue weighted by Crippen LogP contribution is 2.32. The number of likely N-dealkylation sites (N-methyl/N-ethyl adjacent to an activating group) is 1. The summed E-state index contributed by atoms with van der Waals surface area (Å²) in [5, 5.41) is 3.17. The molecule has 1 N–H and O–H groups in total. The van der Waals surface area contributed by atoms with Gasteiger partial charge in [0.05, 0.1) is 12.6 Å². The molecule has 2 aromatic carbocycles. The number of nitrogens with zero attached hydrogens (tertiary/aromatic N) is 1. The Bertz CT molecular complexity index is 746. The van der Waals surface area contributed by atoms with Crippen LogP contribution >= 0.6 is 0 Å². The van der Waals surface area contributed by atoms with Crippen molar-refractivity contribution in [2.24, 2.45) is 5.92 Å². The molecule has 5 nitrogen and oxygen atoms in total. The lowest BCUT2D eigenvalue weighted by Crippen LogP contribution is -2.38. The van der Waals surface area contributed by atoms with Gasteiger partial charge in [-0.15, -0.1) is 0 Å². The maximum absolute atomic E-state index is 12.5. The fourth-order valence-electron chi connectivity index (χ4n) is 3.17. The number of nitrogens with one attached hydrogen (secondary N) is 1. The molecule has 1 aliphatic heterocycles. The molecule has 3 rings (SSSR count). The summed E-state index contributed by atoms with van der Waals surface area (Å²) in [7, 11) is 1.94. The van der Waals surface area contributed by atoms with Crippen molar-refractivity contribution >= 4 is 5.91 Å². The van der Waals surface area contributed by atoms with Crippen LogP contribution in [0.2, 0.25) is 0 Å². The van der Waals surface area contributed by atoms with E-state index in [2.05, 4.69) is 31.3 Å². The molecular weight excluding hydrogens is 328 g/mol. The number of amides is 1. The standard InChI is InChI=1S/C21H26N2O3/c1-15(2)21(17-7-5-4-6-8-17)22-20(24)13-23(3)12-16-9-10-18-19(11-16)26-14-25-18/h4-11,15,21H,12-14H2,1-3H3,(H,22,24). The molecule has 1 amide bonds. The topological polar surface area (TPSA) is 50.8 Å². The van der Waals surface area contributed by atoms with E-state index in [9.17, 15) is 4.79 Å². The molecule has 26 heavy (non-hydrogen) atoms. The third-order valence-corrected chi connectivity index (χ3v) is 4.44. The molecule has 1 unspecified atom stereocenters. The summed E-state index contributed by atoms with van der Waals surface area (Å²) in [5.74, 6) is 1.89. The van der Waals surface area contributed by atoms with Crippen molar-refractivity contribution in [3.63, 3.8) is 0 Å². The summed E-state index contributed by atoms with van der Waals surface area (Å²) in [6.07, 6.45) is 0. The van der Waals surface area contributed by atoms with Crippen molar-refractivity contribution < 1.29 is 14.3 Å². The van der Waals surface area contributed by atoms with E-state index < -0.39 is 0 Å². The maximum atomic E-state index is 12.5. The monoisotopic (exact) mass is 354 g/mol. The van der Waals surface area contributed by atoms with Crippen molar-refractivity contribution in [3.8, 4) is 11.5 Å². The fourth-order valence-corrected chi connectivity index (χ4v) is 3.17. The van der Waals surface area contributed by atoms with Crippen LogP contribution in [-0.4, -0.2) is 31.2 Å². The van der Waals surface area contributed by atoms with Crippen LogP contribution < -0.4 is 14.8 Å². The Kier molecular flexibility index (Phi) is 5.78. The lowest BCUT2D eigenvalue weighted by molar-refractivity contribution is -0.123. The molecule has 0 aliphatic carbocycles. The van der Waals surface area contributed by atoms with E-state index in [0.29, 0.717) is 19.0 Å². The smallest absolute Gasteiger partial charge is 0.234 e. The molecule has 0 radical (unpaired) electrons. The molecule has 0 spiro atoms. The van der Waals surface area contributed by atoms with Gasteiger partial charge in [0.15, 0.2) is 11.5 Å². The SMILES string of the molecule is CC(C)C(NC(=O)CN(C)Cc1ccc2c(c1)OCO2)c1ccccc1. The van der Waals surface area contributed by atoms with Crippen LogP contribution in [0, 0.1) is 5.92 Å². The Morgan fingerprint density at radius 2 is 1.85 bits per heavy atom. The molecule has 0 aromatic heterocycles. The van der Waals surface area contributed by atoms with Gasteiger partial charge in [-0.25, -0.2) is 0 Å². The minimum absolute atomic E-state index is 0.0163. The first kappa shape index (κ1) is 18.3. The second-order valence-corrected chi connectivity index (χ2v) is 7.06. The molecule has 0 bridgehead atoms. The van der Waals surface area contributed by atoms with Crippen LogP contribution in [0.5, 0.6) is 11.5 Å². The van der Waals surface area contributed by atoms with Crippen molar-refractivity contribution in [3.05, 3.63) is 59.7 Å². The van der Waals surface area contributed by atoms with Crippen LogP contribution in [0.4, 0.5) is 0 Å². The van der Waals surface area contributed by atoms with Crippen LogP contribution in [0.1, 0.15) is 31.0 Å². The third-order valence-electron chi connectivity index (χ3n) is 4.44. The highest BCUT2D eigenvalue weighted by Gasteiger charge is 2.19. The largest absolute Gasteiger partial charge is 0.454 e. The normalized spacial score (nSPS) is 13.9. The number of carbonyl (C=O) groups excluding carboxylic acids is 1. The molecule has 5 heteroatoms. The van der Waals surface area contributed by atoms with Crippen molar-refractivity contribution in [2.45, 2.75) is 26.4 Å². The van der Waals surface area contributed by atoms with Crippen molar-refractivity contribution in [1.29, 1.82) is 0 Å². The van der Waals surface area contributed by atoms with Gasteiger partial charge >= 0.3 is 0 Å². The Morgan fingerprint density at radius 1 is 1.12 bits per heavy atom. The lowest BCUT2D eigenvalue weighted by Gasteiger charge is -2.24. The molecule has 1 heterocycles. The average Bonchev–Trinajstić information content (AvgIpc) is 3.07. The number of hydrogen-bond donors (Lipinski definition) is 1. The van der Waals surface area contributed by atoms with Crippen molar-refractivity contribution in [1.82, 2.24) is 10.2 Å². The summed E-state index contributed by atoms with van der Waals surface area (Å²) in [6, 6.07) is 16.0. The van der Waals surface area contributed by atoms with Crippen LogP contribution in [0.15, 0.2) is 48.5 Å². The maximum Gasteiger partial charge on any atom is 0.234 e. The molecule has 0 saturated heterocycles. The van der Waals surface area contributed by atoms with Gasteiger partial charge in [-0.1, -0.05) is 50.2 Å². The number of ether oxygens (including phenoxy) is 2. The number of benzene rings is 2. The summed E-state index contributed by atoms with van der Waals surface area (Å²) in [4.78, 5) is 14.5. The summed E-state index contributed by atoms with van der Waals surface area (Å²) in [6.45, 7) is 5.52. The second kappa shape index (κ2) is 8.23. The van der Waals surface area contributed by atoms with Gasteiger partial charge in [0.2, 0.25) is 12.7 Å². The zero-order valence-electron chi connectivity index (χ0n) is 15.6. The van der Waals surface area contributed by atoms with E-state index in [0.717, 1.165) is 22.6 Å². The number of rotatable bonds is 7. The van der Waals surface area contributed by atoms with Crippen LogP contribution in [0.3, 0.4) is 0 Å². The van der Waals surface area contributed by atoms with Gasteiger partial charge < -0.3 is 14.8 Å². The van der Waals surface area contributed by atoms with Gasteiger partial charge in [-0.3, -0.25) is 9.69 Å². The molecule has 1 aliphatic rings. The first-order valence-electron chi connectivity index (χ1n) is 8.94. The quantitative estimate of drug-likeness (QED) is 0.828. The van der Waals surface area contributed by atoms with Gasteiger partial charge in [0.25, 0.3) is 0 Å². The zero-order valence-corrected chi connectivity index (χ0v) is 15.6. The van der Waals surface area contributed by atoms with E-state index in [1.54, 1.807) is 0 Å². The third kappa shape index (κ3) is 4.55. The highest BCUT2D eigenvalue weighted by molar-refractivity contribution is 5.78. The molecule has 2 aromatic rings. The number of fused-ring (bicyclic) bond motifs is 1. The Balaban J connectivity index is 1.56. The predicted octanol–water partition coefficient (Wildman–Crippen LogP) is 3.36. The first-order chi connectivity index (χ1) is 12.5. The summed E-state index contributed by atoms with van der Waals surface area (Å²) in [5.41, 5.74) is 2.22. The van der Waals surface area contributed by atoms with Crippen LogP contribution in [-0.2, 0) is 11.3 Å². The Labute approximate surface area is 154 Å². The number of carbonyl (C=O) groups is 1.